The number of amides is 1. The van der Waals surface area contributed by atoms with Crippen LogP contribution >= 0.6 is 0 Å². The van der Waals surface area contributed by atoms with Crippen LogP contribution < -0.4 is 15.4 Å². The van der Waals surface area contributed by atoms with E-state index in [4.69, 9.17) is 11.2 Å². The minimum atomic E-state index is -0.136. The minimum absolute atomic E-state index is 0.00454. The van der Waals surface area contributed by atoms with Gasteiger partial charge in [0, 0.05) is 19.0 Å². The van der Waals surface area contributed by atoms with Gasteiger partial charge < -0.3 is 15.4 Å². The maximum atomic E-state index is 12.3. The monoisotopic (exact) mass is 258 g/mol. The molecule has 0 aliphatic carbocycles. The van der Waals surface area contributed by atoms with Crippen LogP contribution in [0, 0.1) is 12.3 Å². The Labute approximate surface area is 113 Å². The smallest absolute Gasteiger partial charge is 0.255 e. The number of hydrogen-bond acceptors (Lipinski definition) is 3. The number of anilines is 1. The fraction of sp³-hybridized carbons (Fsp3) is 0.400. The van der Waals surface area contributed by atoms with E-state index in [1.54, 1.807) is 6.07 Å². The second-order valence-corrected chi connectivity index (χ2v) is 4.44. The van der Waals surface area contributed by atoms with E-state index < -0.39 is 0 Å². The van der Waals surface area contributed by atoms with Gasteiger partial charge in [-0.05, 0) is 18.6 Å². The summed E-state index contributed by atoms with van der Waals surface area (Å²) in [5.41, 5.74) is 1.42. The van der Waals surface area contributed by atoms with E-state index in [-0.39, 0.29) is 11.9 Å². The lowest BCUT2D eigenvalue weighted by Crippen LogP contribution is -2.34. The number of benzene rings is 1. The Morgan fingerprint density at radius 3 is 3.21 bits per heavy atom. The summed E-state index contributed by atoms with van der Waals surface area (Å²) < 4.78 is 5.59. The number of rotatable bonds is 4. The van der Waals surface area contributed by atoms with E-state index in [2.05, 4.69) is 16.6 Å². The fourth-order valence-electron chi connectivity index (χ4n) is 2.05. The highest BCUT2D eigenvalue weighted by Crippen LogP contribution is 2.31. The standard InChI is InChI=1S/C15H18N2O2/c1-3-6-11(4-2)17-15(18)12-7-5-8-13-14(12)19-10-9-16-13/h1,5,7-8,11,16H,4,6,9-10H2,2H3,(H,17,18). The predicted octanol–water partition coefficient (Wildman–Crippen LogP) is 2.02. The first kappa shape index (κ1) is 13.3. The van der Waals surface area contributed by atoms with Crippen LogP contribution in [0.1, 0.15) is 30.1 Å². The lowest BCUT2D eigenvalue weighted by molar-refractivity contribution is 0.0932. The van der Waals surface area contributed by atoms with Gasteiger partial charge in [0.05, 0.1) is 11.3 Å². The minimum Gasteiger partial charge on any atom is -0.489 e. The van der Waals surface area contributed by atoms with Crippen LogP contribution in [0.4, 0.5) is 5.69 Å². The molecule has 1 aromatic rings. The molecule has 2 rings (SSSR count). The maximum absolute atomic E-state index is 12.3. The van der Waals surface area contributed by atoms with Gasteiger partial charge in [-0.1, -0.05) is 13.0 Å². The Bertz CT molecular complexity index is 505. The summed E-state index contributed by atoms with van der Waals surface area (Å²) in [6.07, 6.45) is 6.64. The summed E-state index contributed by atoms with van der Waals surface area (Å²) in [6.45, 7) is 3.33. The van der Waals surface area contributed by atoms with Crippen LogP contribution in [-0.2, 0) is 0 Å². The van der Waals surface area contributed by atoms with Crippen molar-refractivity contribution in [2.75, 3.05) is 18.5 Å². The number of para-hydroxylation sites is 1. The number of hydrogen-bond donors (Lipinski definition) is 2. The average molecular weight is 258 g/mol. The first-order valence-electron chi connectivity index (χ1n) is 6.50. The van der Waals surface area contributed by atoms with Crippen LogP contribution in [0.25, 0.3) is 0 Å². The van der Waals surface area contributed by atoms with E-state index in [9.17, 15) is 4.79 Å². The summed E-state index contributed by atoms with van der Waals surface area (Å²) in [4.78, 5) is 12.3. The molecule has 100 valence electrons. The Hall–Kier alpha value is -2.15. The van der Waals surface area contributed by atoms with E-state index in [1.807, 2.05) is 19.1 Å². The molecule has 2 N–H and O–H groups in total. The zero-order valence-electron chi connectivity index (χ0n) is 11.0. The molecule has 0 fully saturated rings. The van der Waals surface area contributed by atoms with Crippen molar-refractivity contribution in [2.45, 2.75) is 25.8 Å². The van der Waals surface area contributed by atoms with Crippen LogP contribution in [-0.4, -0.2) is 25.1 Å². The lowest BCUT2D eigenvalue weighted by Gasteiger charge is -2.22. The summed E-state index contributed by atoms with van der Waals surface area (Å²) in [7, 11) is 0. The molecular formula is C15H18N2O2. The third-order valence-corrected chi connectivity index (χ3v) is 3.12. The second-order valence-electron chi connectivity index (χ2n) is 4.44. The molecule has 1 aliphatic rings. The topological polar surface area (TPSA) is 50.4 Å². The molecule has 0 saturated carbocycles. The van der Waals surface area contributed by atoms with Gasteiger partial charge in [0.2, 0.25) is 0 Å². The molecule has 1 unspecified atom stereocenters. The maximum Gasteiger partial charge on any atom is 0.255 e. The SMILES string of the molecule is C#CCC(CC)NC(=O)c1cccc2c1OCCN2. The molecule has 0 spiro atoms. The average Bonchev–Trinajstić information content (AvgIpc) is 2.46. The van der Waals surface area contributed by atoms with Gasteiger partial charge in [-0.25, -0.2) is 0 Å². The van der Waals surface area contributed by atoms with Gasteiger partial charge in [0.25, 0.3) is 5.91 Å². The molecule has 1 heterocycles. The number of fused-ring (bicyclic) bond motifs is 1. The molecule has 0 bridgehead atoms. The first-order chi connectivity index (χ1) is 9.26. The van der Waals surface area contributed by atoms with Crippen LogP contribution in [0.3, 0.4) is 0 Å². The van der Waals surface area contributed by atoms with E-state index in [1.165, 1.54) is 0 Å². The van der Waals surface area contributed by atoms with Crippen LogP contribution in [0.2, 0.25) is 0 Å². The zero-order chi connectivity index (χ0) is 13.7. The van der Waals surface area contributed by atoms with Crippen molar-refractivity contribution in [3.05, 3.63) is 23.8 Å². The molecule has 0 radical (unpaired) electrons. The number of carbonyl (C=O) groups is 1. The number of nitrogens with one attached hydrogen (secondary N) is 2. The van der Waals surface area contributed by atoms with Crippen molar-refractivity contribution < 1.29 is 9.53 Å². The van der Waals surface area contributed by atoms with Gasteiger partial charge in [-0.15, -0.1) is 12.3 Å². The fourth-order valence-corrected chi connectivity index (χ4v) is 2.05. The second kappa shape index (κ2) is 6.14. The van der Waals surface area contributed by atoms with Gasteiger partial charge in [-0.2, -0.15) is 0 Å². The molecule has 1 atom stereocenters. The third kappa shape index (κ3) is 3.00. The van der Waals surface area contributed by atoms with Crippen molar-refractivity contribution >= 4 is 11.6 Å². The van der Waals surface area contributed by atoms with Gasteiger partial charge in [0.15, 0.2) is 5.75 Å². The number of ether oxygens (including phenoxy) is 1. The van der Waals surface area contributed by atoms with Gasteiger partial charge in [-0.3, -0.25) is 4.79 Å². The van der Waals surface area contributed by atoms with Crippen LogP contribution in [0.15, 0.2) is 18.2 Å². The number of terminal acetylenes is 1. The molecular weight excluding hydrogens is 240 g/mol. The van der Waals surface area contributed by atoms with Crippen molar-refractivity contribution in [2.24, 2.45) is 0 Å². The lowest BCUT2D eigenvalue weighted by atomic mass is 10.1. The van der Waals surface area contributed by atoms with Crippen LogP contribution in [0.5, 0.6) is 5.75 Å². The highest BCUT2D eigenvalue weighted by atomic mass is 16.5. The molecule has 4 nitrogen and oxygen atoms in total. The first-order valence-corrected chi connectivity index (χ1v) is 6.50. The zero-order valence-corrected chi connectivity index (χ0v) is 11.0. The van der Waals surface area contributed by atoms with Gasteiger partial charge >= 0.3 is 0 Å². The molecule has 0 aromatic heterocycles. The van der Waals surface area contributed by atoms with E-state index >= 15 is 0 Å². The molecule has 19 heavy (non-hydrogen) atoms. The van der Waals surface area contributed by atoms with Crippen molar-refractivity contribution in [3.8, 4) is 18.1 Å². The van der Waals surface area contributed by atoms with E-state index in [0.29, 0.717) is 24.3 Å². The quantitative estimate of drug-likeness (QED) is 0.812. The highest BCUT2D eigenvalue weighted by molar-refractivity contribution is 5.99. The molecule has 1 aliphatic heterocycles. The third-order valence-electron chi connectivity index (χ3n) is 3.12. The Balaban J connectivity index is 2.17. The van der Waals surface area contributed by atoms with Crippen molar-refractivity contribution in [1.82, 2.24) is 5.32 Å². The van der Waals surface area contributed by atoms with Gasteiger partial charge in [0.1, 0.15) is 6.61 Å². The highest BCUT2D eigenvalue weighted by Gasteiger charge is 2.20. The Morgan fingerprint density at radius 1 is 1.63 bits per heavy atom. The van der Waals surface area contributed by atoms with Crippen molar-refractivity contribution in [3.63, 3.8) is 0 Å². The Morgan fingerprint density at radius 2 is 2.47 bits per heavy atom. The van der Waals surface area contributed by atoms with Crippen molar-refractivity contribution in [1.29, 1.82) is 0 Å². The summed E-state index contributed by atoms with van der Waals surface area (Å²) >= 11 is 0. The molecule has 1 aromatic carbocycles. The molecule has 1 amide bonds. The number of carbonyl (C=O) groups excluding carboxylic acids is 1. The normalized spacial score (nSPS) is 14.3. The van der Waals surface area contributed by atoms with E-state index in [0.717, 1.165) is 18.7 Å². The molecule has 0 saturated heterocycles. The largest absolute Gasteiger partial charge is 0.489 e. The summed E-state index contributed by atoms with van der Waals surface area (Å²) in [5.74, 6) is 3.07. The predicted molar refractivity (Wildman–Crippen MR) is 75.4 cm³/mol. The summed E-state index contributed by atoms with van der Waals surface area (Å²) in [6, 6.07) is 5.52. The summed E-state index contributed by atoms with van der Waals surface area (Å²) in [5, 5.41) is 6.16. The Kier molecular flexibility index (Phi) is 4.30. The molecule has 4 heteroatoms.